The minimum atomic E-state index is -0.198. The fourth-order valence-corrected chi connectivity index (χ4v) is 3.26. The standard InChI is InChI=1S/C19H22N4O2/c1-11-10-12(2)21-14(4)17(11)22-18(24)15-6-5-7-16(13(15)3)23-9-8-20-19(23)25/h5-7,10H,8-9H2,1-4H3,(H,20,25)(H,22,24). The van der Waals surface area contributed by atoms with Crippen LogP contribution in [0.15, 0.2) is 24.3 Å². The number of nitrogens with zero attached hydrogens (tertiary/aromatic N) is 2. The van der Waals surface area contributed by atoms with E-state index in [0.717, 1.165) is 33.9 Å². The van der Waals surface area contributed by atoms with Crippen LogP contribution in [0.2, 0.25) is 0 Å². The molecule has 1 aromatic heterocycles. The summed E-state index contributed by atoms with van der Waals surface area (Å²) in [6.07, 6.45) is 0. The van der Waals surface area contributed by atoms with Crippen LogP contribution >= 0.6 is 0 Å². The molecule has 0 spiro atoms. The number of pyridine rings is 1. The van der Waals surface area contributed by atoms with Gasteiger partial charge in [-0.2, -0.15) is 0 Å². The first kappa shape index (κ1) is 17.0. The van der Waals surface area contributed by atoms with Gasteiger partial charge in [-0.1, -0.05) is 6.07 Å². The van der Waals surface area contributed by atoms with E-state index in [9.17, 15) is 9.59 Å². The van der Waals surface area contributed by atoms with Gasteiger partial charge in [0.1, 0.15) is 0 Å². The van der Waals surface area contributed by atoms with Gasteiger partial charge < -0.3 is 10.6 Å². The van der Waals surface area contributed by atoms with Crippen LogP contribution in [-0.2, 0) is 0 Å². The van der Waals surface area contributed by atoms with Gasteiger partial charge in [0, 0.05) is 30.0 Å². The third-order valence-corrected chi connectivity index (χ3v) is 4.46. The summed E-state index contributed by atoms with van der Waals surface area (Å²) in [4.78, 5) is 30.8. The summed E-state index contributed by atoms with van der Waals surface area (Å²) in [7, 11) is 0. The Hall–Kier alpha value is -2.89. The van der Waals surface area contributed by atoms with Gasteiger partial charge in [0.05, 0.1) is 11.4 Å². The van der Waals surface area contributed by atoms with Crippen molar-refractivity contribution >= 4 is 23.3 Å². The Balaban J connectivity index is 1.92. The van der Waals surface area contributed by atoms with E-state index < -0.39 is 0 Å². The number of benzene rings is 1. The Kier molecular flexibility index (Phi) is 4.44. The van der Waals surface area contributed by atoms with Gasteiger partial charge in [0.2, 0.25) is 0 Å². The molecule has 2 heterocycles. The predicted octanol–water partition coefficient (Wildman–Crippen LogP) is 3.10. The number of aryl methyl sites for hydroxylation is 3. The van der Waals surface area contributed by atoms with Crippen LogP contribution in [0, 0.1) is 27.7 Å². The Labute approximate surface area is 147 Å². The van der Waals surface area contributed by atoms with Gasteiger partial charge >= 0.3 is 6.03 Å². The largest absolute Gasteiger partial charge is 0.336 e. The molecule has 2 N–H and O–H groups in total. The zero-order valence-corrected chi connectivity index (χ0v) is 14.9. The van der Waals surface area contributed by atoms with Gasteiger partial charge in [-0.05, 0) is 57.0 Å². The quantitative estimate of drug-likeness (QED) is 0.903. The summed E-state index contributed by atoms with van der Waals surface area (Å²) >= 11 is 0. The predicted molar refractivity (Wildman–Crippen MR) is 98.3 cm³/mol. The molecule has 0 atom stereocenters. The van der Waals surface area contributed by atoms with Crippen molar-refractivity contribution in [3.05, 3.63) is 52.3 Å². The lowest BCUT2D eigenvalue weighted by molar-refractivity contribution is 0.102. The lowest BCUT2D eigenvalue weighted by atomic mass is 10.0. The lowest BCUT2D eigenvalue weighted by Crippen LogP contribution is -2.29. The van der Waals surface area contributed by atoms with Crippen LogP contribution in [0.3, 0.4) is 0 Å². The third-order valence-electron chi connectivity index (χ3n) is 4.46. The fraction of sp³-hybridized carbons (Fsp3) is 0.316. The average molecular weight is 338 g/mol. The normalized spacial score (nSPS) is 13.8. The number of amides is 3. The number of rotatable bonds is 3. The first-order chi connectivity index (χ1) is 11.9. The van der Waals surface area contributed by atoms with Crippen LogP contribution < -0.4 is 15.5 Å². The van der Waals surface area contributed by atoms with Gasteiger partial charge in [-0.3, -0.25) is 14.7 Å². The molecule has 3 rings (SSSR count). The third kappa shape index (κ3) is 3.20. The molecule has 1 aromatic carbocycles. The molecule has 1 aliphatic rings. The van der Waals surface area contributed by atoms with Crippen molar-refractivity contribution in [2.75, 3.05) is 23.3 Å². The molecule has 3 amide bonds. The molecule has 1 fully saturated rings. The highest BCUT2D eigenvalue weighted by Gasteiger charge is 2.24. The van der Waals surface area contributed by atoms with Crippen molar-refractivity contribution in [3.63, 3.8) is 0 Å². The number of aromatic nitrogens is 1. The van der Waals surface area contributed by atoms with E-state index in [2.05, 4.69) is 15.6 Å². The summed E-state index contributed by atoms with van der Waals surface area (Å²) in [5, 5.41) is 5.75. The van der Waals surface area contributed by atoms with Gasteiger partial charge in [-0.15, -0.1) is 0 Å². The molecule has 6 heteroatoms. The van der Waals surface area contributed by atoms with Crippen LogP contribution in [0.4, 0.5) is 16.2 Å². The molecule has 0 aliphatic carbocycles. The Bertz CT molecular complexity index is 837. The van der Waals surface area contributed by atoms with E-state index in [1.807, 2.05) is 39.8 Å². The van der Waals surface area contributed by atoms with E-state index in [-0.39, 0.29) is 11.9 Å². The van der Waals surface area contributed by atoms with Gasteiger partial charge in [-0.25, -0.2) is 4.79 Å². The number of carbonyl (C=O) groups excluding carboxylic acids is 2. The van der Waals surface area contributed by atoms with Crippen LogP contribution in [-0.4, -0.2) is 30.0 Å². The first-order valence-corrected chi connectivity index (χ1v) is 8.29. The Morgan fingerprint density at radius 1 is 1.24 bits per heavy atom. The SMILES string of the molecule is Cc1cc(C)c(NC(=O)c2cccc(N3CCNC3=O)c2C)c(C)n1. The zero-order chi connectivity index (χ0) is 18.1. The number of hydrogen-bond donors (Lipinski definition) is 2. The second-order valence-corrected chi connectivity index (χ2v) is 6.33. The maximum absolute atomic E-state index is 12.8. The Morgan fingerprint density at radius 2 is 2.00 bits per heavy atom. The molecule has 1 aliphatic heterocycles. The molecule has 0 radical (unpaired) electrons. The van der Waals surface area contributed by atoms with E-state index >= 15 is 0 Å². The van der Waals surface area contributed by atoms with Crippen LogP contribution in [0.5, 0.6) is 0 Å². The lowest BCUT2D eigenvalue weighted by Gasteiger charge is -2.19. The summed E-state index contributed by atoms with van der Waals surface area (Å²) in [6.45, 7) is 8.85. The molecule has 0 bridgehead atoms. The second-order valence-electron chi connectivity index (χ2n) is 6.33. The maximum Gasteiger partial charge on any atom is 0.322 e. The minimum Gasteiger partial charge on any atom is -0.336 e. The monoisotopic (exact) mass is 338 g/mol. The highest BCUT2D eigenvalue weighted by molar-refractivity contribution is 6.07. The molecule has 1 saturated heterocycles. The smallest absolute Gasteiger partial charge is 0.322 e. The van der Waals surface area contributed by atoms with Crippen molar-refractivity contribution in [1.82, 2.24) is 10.3 Å². The van der Waals surface area contributed by atoms with E-state index in [0.29, 0.717) is 18.7 Å². The van der Waals surface area contributed by atoms with Crippen LogP contribution in [0.1, 0.15) is 32.9 Å². The second kappa shape index (κ2) is 6.55. The molecule has 2 aromatic rings. The summed E-state index contributed by atoms with van der Waals surface area (Å²) in [5.41, 5.74) is 5.53. The number of hydrogen-bond acceptors (Lipinski definition) is 3. The molecule has 0 saturated carbocycles. The van der Waals surface area contributed by atoms with E-state index in [1.54, 1.807) is 17.0 Å². The molecule has 0 unspecified atom stereocenters. The highest BCUT2D eigenvalue weighted by atomic mass is 16.2. The summed E-state index contributed by atoms with van der Waals surface area (Å²) < 4.78 is 0. The molecule has 6 nitrogen and oxygen atoms in total. The van der Waals surface area contributed by atoms with E-state index in [1.165, 1.54) is 0 Å². The van der Waals surface area contributed by atoms with Crippen molar-refractivity contribution < 1.29 is 9.59 Å². The van der Waals surface area contributed by atoms with Crippen molar-refractivity contribution in [2.45, 2.75) is 27.7 Å². The first-order valence-electron chi connectivity index (χ1n) is 8.29. The van der Waals surface area contributed by atoms with Crippen molar-refractivity contribution in [2.24, 2.45) is 0 Å². The summed E-state index contributed by atoms with van der Waals surface area (Å²) in [5.74, 6) is -0.198. The highest BCUT2D eigenvalue weighted by Crippen LogP contribution is 2.26. The van der Waals surface area contributed by atoms with E-state index in [4.69, 9.17) is 0 Å². The number of carbonyl (C=O) groups is 2. The Morgan fingerprint density at radius 3 is 2.64 bits per heavy atom. The average Bonchev–Trinajstić information content (AvgIpc) is 2.97. The van der Waals surface area contributed by atoms with Crippen LogP contribution in [0.25, 0.3) is 0 Å². The van der Waals surface area contributed by atoms with Gasteiger partial charge in [0.15, 0.2) is 0 Å². The minimum absolute atomic E-state index is 0.130. The molecular formula is C19H22N4O2. The molecule has 130 valence electrons. The maximum atomic E-state index is 12.8. The molecule has 25 heavy (non-hydrogen) atoms. The number of urea groups is 1. The number of anilines is 2. The van der Waals surface area contributed by atoms with Crippen molar-refractivity contribution in [1.29, 1.82) is 0 Å². The summed E-state index contributed by atoms with van der Waals surface area (Å²) in [6, 6.07) is 7.25. The fourth-order valence-electron chi connectivity index (χ4n) is 3.26. The topological polar surface area (TPSA) is 74.3 Å². The van der Waals surface area contributed by atoms with Crippen molar-refractivity contribution in [3.8, 4) is 0 Å². The number of nitrogens with one attached hydrogen (secondary N) is 2. The zero-order valence-electron chi connectivity index (χ0n) is 14.9. The van der Waals surface area contributed by atoms with Gasteiger partial charge in [0.25, 0.3) is 5.91 Å². The molecular weight excluding hydrogens is 316 g/mol.